The summed E-state index contributed by atoms with van der Waals surface area (Å²) in [6, 6.07) is 5.96. The predicted octanol–water partition coefficient (Wildman–Crippen LogP) is 2.05. The normalized spacial score (nSPS) is 27.2. The topological polar surface area (TPSA) is 63.7 Å². The average molecular weight is 317 g/mol. The lowest BCUT2D eigenvalue weighted by molar-refractivity contribution is -0.0431. The molecule has 4 rings (SSSR count). The van der Waals surface area contributed by atoms with Gasteiger partial charge in [-0.2, -0.15) is 0 Å². The van der Waals surface area contributed by atoms with Crippen molar-refractivity contribution < 1.29 is 14.3 Å². The van der Waals surface area contributed by atoms with Crippen molar-refractivity contribution in [1.82, 2.24) is 10.3 Å². The molecule has 3 saturated heterocycles. The second-order valence-corrected chi connectivity index (χ2v) is 6.71. The lowest BCUT2D eigenvalue weighted by atomic mass is 9.94. The zero-order valence-electron chi connectivity index (χ0n) is 13.3. The summed E-state index contributed by atoms with van der Waals surface area (Å²) in [5, 5.41) is 3.42. The van der Waals surface area contributed by atoms with E-state index in [-0.39, 0.29) is 11.7 Å². The number of carbonyl (C=O) groups is 1. The molecule has 6 nitrogen and oxygen atoms in total. The van der Waals surface area contributed by atoms with E-state index in [1.165, 1.54) is 6.42 Å². The molecule has 0 bridgehead atoms. The Morgan fingerprint density at radius 1 is 1.30 bits per heavy atom. The second-order valence-electron chi connectivity index (χ2n) is 6.71. The Bertz CT molecular complexity index is 580. The highest BCUT2D eigenvalue weighted by molar-refractivity contribution is 5.89. The highest BCUT2D eigenvalue weighted by Gasteiger charge is 2.47. The third-order valence-corrected chi connectivity index (χ3v) is 5.12. The quantitative estimate of drug-likeness (QED) is 0.904. The standard InChI is InChI=1S/C17H23N3O3/c21-16-20(12-17(23-16)6-9-22-10-7-17)15-5-1-4-14(19-15)13-3-2-8-18-11-13/h1,4-5,13,18H,2-3,6-12H2/t13-/m0/s1. The van der Waals surface area contributed by atoms with Crippen LogP contribution < -0.4 is 10.2 Å². The van der Waals surface area contributed by atoms with Gasteiger partial charge in [-0.3, -0.25) is 4.90 Å². The van der Waals surface area contributed by atoms with E-state index in [9.17, 15) is 4.79 Å². The number of piperidine rings is 1. The maximum Gasteiger partial charge on any atom is 0.416 e. The fraction of sp³-hybridized carbons (Fsp3) is 0.647. The Morgan fingerprint density at radius 2 is 2.17 bits per heavy atom. The van der Waals surface area contributed by atoms with Gasteiger partial charge in [-0.25, -0.2) is 9.78 Å². The highest BCUT2D eigenvalue weighted by atomic mass is 16.6. The van der Waals surface area contributed by atoms with E-state index in [0.29, 0.717) is 31.5 Å². The molecule has 4 heterocycles. The number of rotatable bonds is 2. The Morgan fingerprint density at radius 3 is 2.96 bits per heavy atom. The maximum absolute atomic E-state index is 12.3. The lowest BCUT2D eigenvalue weighted by Crippen LogP contribution is -2.40. The fourth-order valence-corrected chi connectivity index (χ4v) is 3.72. The van der Waals surface area contributed by atoms with Gasteiger partial charge in [0.05, 0.1) is 19.8 Å². The largest absolute Gasteiger partial charge is 0.440 e. The van der Waals surface area contributed by atoms with Crippen molar-refractivity contribution in [2.75, 3.05) is 37.7 Å². The van der Waals surface area contributed by atoms with Crippen molar-refractivity contribution in [2.24, 2.45) is 0 Å². The summed E-state index contributed by atoms with van der Waals surface area (Å²) in [6.45, 7) is 3.93. The minimum Gasteiger partial charge on any atom is -0.440 e. The number of ether oxygens (including phenoxy) is 2. The first-order chi connectivity index (χ1) is 11.3. The molecule has 0 aliphatic carbocycles. The van der Waals surface area contributed by atoms with Gasteiger partial charge in [0.15, 0.2) is 0 Å². The Kier molecular flexibility index (Phi) is 3.95. The van der Waals surface area contributed by atoms with Crippen LogP contribution in [0.1, 0.15) is 37.3 Å². The number of nitrogens with zero attached hydrogens (tertiary/aromatic N) is 2. The van der Waals surface area contributed by atoms with Crippen molar-refractivity contribution in [3.8, 4) is 0 Å². The van der Waals surface area contributed by atoms with E-state index < -0.39 is 0 Å². The molecule has 1 aromatic heterocycles. The van der Waals surface area contributed by atoms with E-state index in [0.717, 1.165) is 38.0 Å². The van der Waals surface area contributed by atoms with E-state index in [1.807, 2.05) is 12.1 Å². The number of carbonyl (C=O) groups excluding carboxylic acids is 1. The van der Waals surface area contributed by atoms with Gasteiger partial charge >= 0.3 is 6.09 Å². The minimum atomic E-state index is -0.389. The van der Waals surface area contributed by atoms with Crippen molar-refractivity contribution in [1.29, 1.82) is 0 Å². The summed E-state index contributed by atoms with van der Waals surface area (Å²) >= 11 is 0. The van der Waals surface area contributed by atoms with E-state index in [4.69, 9.17) is 14.5 Å². The Balaban J connectivity index is 1.54. The van der Waals surface area contributed by atoms with Gasteiger partial charge < -0.3 is 14.8 Å². The molecule has 1 amide bonds. The third kappa shape index (κ3) is 2.93. The van der Waals surface area contributed by atoms with Crippen LogP contribution >= 0.6 is 0 Å². The Labute approximate surface area is 136 Å². The van der Waals surface area contributed by atoms with E-state index in [2.05, 4.69) is 11.4 Å². The first-order valence-corrected chi connectivity index (χ1v) is 8.52. The van der Waals surface area contributed by atoms with Crippen LogP contribution in [-0.2, 0) is 9.47 Å². The molecular formula is C17H23N3O3. The summed E-state index contributed by atoms with van der Waals surface area (Å²) in [5.41, 5.74) is 0.676. The molecule has 0 radical (unpaired) electrons. The zero-order valence-corrected chi connectivity index (χ0v) is 13.3. The van der Waals surface area contributed by atoms with Crippen LogP contribution in [0.3, 0.4) is 0 Å². The van der Waals surface area contributed by atoms with Crippen molar-refractivity contribution in [3.05, 3.63) is 23.9 Å². The van der Waals surface area contributed by atoms with Crippen LogP contribution in [0, 0.1) is 0 Å². The Hall–Kier alpha value is -1.66. The van der Waals surface area contributed by atoms with Crippen molar-refractivity contribution >= 4 is 11.9 Å². The number of amides is 1. The first kappa shape index (κ1) is 14.9. The average Bonchev–Trinajstić information content (AvgIpc) is 2.92. The minimum absolute atomic E-state index is 0.279. The van der Waals surface area contributed by atoms with Crippen LogP contribution in [-0.4, -0.2) is 49.5 Å². The molecule has 1 atom stereocenters. The monoisotopic (exact) mass is 317 g/mol. The van der Waals surface area contributed by atoms with E-state index in [1.54, 1.807) is 4.90 Å². The van der Waals surface area contributed by atoms with Gasteiger partial charge in [0.1, 0.15) is 11.4 Å². The molecule has 1 aromatic rings. The van der Waals surface area contributed by atoms with Crippen LogP contribution in [0.25, 0.3) is 0 Å². The molecule has 0 saturated carbocycles. The van der Waals surface area contributed by atoms with Gasteiger partial charge in [0, 0.05) is 31.0 Å². The first-order valence-electron chi connectivity index (χ1n) is 8.52. The summed E-state index contributed by atoms with van der Waals surface area (Å²) in [6.07, 6.45) is 3.57. The smallest absolute Gasteiger partial charge is 0.416 e. The molecule has 0 unspecified atom stereocenters. The SMILES string of the molecule is O=C1OC2(CCOCC2)CN1c1cccc([C@H]2CCCNC2)n1. The summed E-state index contributed by atoms with van der Waals surface area (Å²) < 4.78 is 11.1. The number of anilines is 1. The van der Waals surface area contributed by atoms with Gasteiger partial charge in [-0.05, 0) is 31.5 Å². The molecular weight excluding hydrogens is 294 g/mol. The van der Waals surface area contributed by atoms with Gasteiger partial charge in [-0.1, -0.05) is 6.07 Å². The molecule has 6 heteroatoms. The molecule has 3 aliphatic rings. The molecule has 3 fully saturated rings. The molecule has 3 aliphatic heterocycles. The van der Waals surface area contributed by atoms with Crippen LogP contribution in [0.15, 0.2) is 18.2 Å². The fourth-order valence-electron chi connectivity index (χ4n) is 3.72. The van der Waals surface area contributed by atoms with Gasteiger partial charge in [-0.15, -0.1) is 0 Å². The molecule has 1 N–H and O–H groups in total. The third-order valence-electron chi connectivity index (χ3n) is 5.12. The van der Waals surface area contributed by atoms with Gasteiger partial charge in [0.25, 0.3) is 0 Å². The predicted molar refractivity (Wildman–Crippen MR) is 85.7 cm³/mol. The lowest BCUT2D eigenvalue weighted by Gasteiger charge is -2.30. The van der Waals surface area contributed by atoms with Gasteiger partial charge in [0.2, 0.25) is 0 Å². The van der Waals surface area contributed by atoms with Crippen molar-refractivity contribution in [3.63, 3.8) is 0 Å². The van der Waals surface area contributed by atoms with Crippen LogP contribution in [0.4, 0.5) is 10.6 Å². The van der Waals surface area contributed by atoms with Crippen molar-refractivity contribution in [2.45, 2.75) is 37.2 Å². The molecule has 23 heavy (non-hydrogen) atoms. The summed E-state index contributed by atoms with van der Waals surface area (Å²) in [4.78, 5) is 18.8. The molecule has 0 aromatic carbocycles. The number of nitrogens with one attached hydrogen (secondary N) is 1. The summed E-state index contributed by atoms with van der Waals surface area (Å²) in [5.74, 6) is 1.14. The van der Waals surface area contributed by atoms with Crippen LogP contribution in [0.5, 0.6) is 0 Å². The van der Waals surface area contributed by atoms with Crippen LogP contribution in [0.2, 0.25) is 0 Å². The second kappa shape index (κ2) is 6.09. The molecule has 124 valence electrons. The highest BCUT2D eigenvalue weighted by Crippen LogP contribution is 2.35. The number of hydrogen-bond donors (Lipinski definition) is 1. The maximum atomic E-state index is 12.3. The number of aromatic nitrogens is 1. The number of hydrogen-bond acceptors (Lipinski definition) is 5. The molecule has 1 spiro atoms. The summed E-state index contributed by atoms with van der Waals surface area (Å²) in [7, 11) is 0. The number of pyridine rings is 1. The zero-order chi connectivity index (χ0) is 15.7. The van der Waals surface area contributed by atoms with E-state index >= 15 is 0 Å².